The van der Waals surface area contributed by atoms with Gasteiger partial charge in [-0.2, -0.15) is 0 Å². The number of nitrogens with zero attached hydrogens (tertiary/aromatic N) is 1. The molecular weight excluding hydrogens is 263 g/mol. The number of nitrogens with one attached hydrogen (secondary N) is 1. The topological polar surface area (TPSA) is 24.4 Å². The van der Waals surface area contributed by atoms with Gasteiger partial charge < -0.3 is 0 Å². The molecule has 2 heterocycles. The first kappa shape index (κ1) is 11.1. The van der Waals surface area contributed by atoms with Crippen LogP contribution in [0.5, 0.6) is 0 Å². The van der Waals surface area contributed by atoms with Crippen molar-refractivity contribution in [1.82, 2.24) is 5.32 Å². The zero-order valence-electron chi connectivity index (χ0n) is 9.90. The first-order valence-corrected chi connectivity index (χ1v) is 6.51. The molecule has 3 aliphatic rings. The van der Waals surface area contributed by atoms with Gasteiger partial charge in [-0.15, -0.1) is 0 Å². The third-order valence-electron chi connectivity index (χ3n) is 3.67. The third kappa shape index (κ3) is 1.55. The summed E-state index contributed by atoms with van der Waals surface area (Å²) in [6.45, 7) is 0. The summed E-state index contributed by atoms with van der Waals surface area (Å²) >= 11 is 6.45. The molecule has 0 bridgehead atoms. The van der Waals surface area contributed by atoms with E-state index in [1.165, 1.54) is 12.1 Å². The number of fused-ring (bicyclic) bond motifs is 4. The lowest BCUT2D eigenvalue weighted by Crippen LogP contribution is -2.41. The molecule has 0 radical (unpaired) electrons. The number of aliphatic imine (C=N–C) groups is 1. The number of allylic oxidation sites excluding steroid dienone is 2. The van der Waals surface area contributed by atoms with Crippen molar-refractivity contribution >= 4 is 23.0 Å². The van der Waals surface area contributed by atoms with Gasteiger partial charge in [0.25, 0.3) is 0 Å². The fourth-order valence-corrected chi connectivity index (χ4v) is 3.10. The van der Waals surface area contributed by atoms with Crippen LogP contribution in [0.25, 0.3) is 0 Å². The fourth-order valence-electron chi connectivity index (χ4n) is 2.77. The van der Waals surface area contributed by atoms with Crippen molar-refractivity contribution < 1.29 is 4.39 Å². The molecule has 1 aromatic rings. The van der Waals surface area contributed by atoms with E-state index in [0.29, 0.717) is 10.7 Å². The van der Waals surface area contributed by atoms with E-state index in [9.17, 15) is 4.39 Å². The van der Waals surface area contributed by atoms with Crippen LogP contribution in [-0.4, -0.2) is 11.8 Å². The highest BCUT2D eigenvalue weighted by molar-refractivity contribution is 6.46. The van der Waals surface area contributed by atoms with E-state index < -0.39 is 0 Å². The zero-order valence-corrected chi connectivity index (χ0v) is 10.7. The third-order valence-corrected chi connectivity index (χ3v) is 4.08. The molecule has 0 amide bonds. The maximum Gasteiger partial charge on any atom is 0.125 e. The summed E-state index contributed by atoms with van der Waals surface area (Å²) in [5.74, 6) is -0.275. The highest BCUT2D eigenvalue weighted by Crippen LogP contribution is 2.42. The lowest BCUT2D eigenvalue weighted by Gasteiger charge is -2.30. The Morgan fingerprint density at radius 3 is 3.05 bits per heavy atom. The van der Waals surface area contributed by atoms with Crippen LogP contribution in [0.4, 0.5) is 10.1 Å². The second-order valence-electron chi connectivity index (χ2n) is 4.79. The molecule has 0 spiro atoms. The molecule has 1 aromatic carbocycles. The molecule has 0 fully saturated rings. The molecule has 94 valence electrons. The monoisotopic (exact) mass is 272 g/mol. The van der Waals surface area contributed by atoms with E-state index in [2.05, 4.69) is 16.4 Å². The van der Waals surface area contributed by atoms with Crippen molar-refractivity contribution in [3.8, 4) is 0 Å². The molecule has 0 saturated heterocycles. The molecule has 2 atom stereocenters. The highest BCUT2D eigenvalue weighted by atomic mass is 35.5. The molecule has 4 rings (SSSR count). The van der Waals surface area contributed by atoms with Gasteiger partial charge in [0.15, 0.2) is 0 Å². The lowest BCUT2D eigenvalue weighted by atomic mass is 9.91. The maximum absolute atomic E-state index is 13.3. The predicted molar refractivity (Wildman–Crippen MR) is 74.3 cm³/mol. The van der Waals surface area contributed by atoms with Crippen molar-refractivity contribution in [1.29, 1.82) is 0 Å². The Balaban J connectivity index is 1.88. The summed E-state index contributed by atoms with van der Waals surface area (Å²) < 4.78 is 13.3. The summed E-state index contributed by atoms with van der Waals surface area (Å²) in [5.41, 5.74) is 3.45. The zero-order chi connectivity index (χ0) is 13.0. The van der Waals surface area contributed by atoms with E-state index in [-0.39, 0.29) is 17.9 Å². The van der Waals surface area contributed by atoms with Crippen LogP contribution in [0.1, 0.15) is 11.6 Å². The van der Waals surface area contributed by atoms with Gasteiger partial charge in [0.05, 0.1) is 28.5 Å². The van der Waals surface area contributed by atoms with E-state index >= 15 is 0 Å². The molecule has 19 heavy (non-hydrogen) atoms. The Labute approximate surface area is 115 Å². The Morgan fingerprint density at radius 1 is 1.26 bits per heavy atom. The Morgan fingerprint density at radius 2 is 2.16 bits per heavy atom. The van der Waals surface area contributed by atoms with E-state index in [4.69, 9.17) is 11.6 Å². The summed E-state index contributed by atoms with van der Waals surface area (Å²) in [5, 5.41) is 4.16. The number of benzene rings is 1. The Hall–Kier alpha value is -1.71. The van der Waals surface area contributed by atoms with Gasteiger partial charge in [0, 0.05) is 5.56 Å². The second kappa shape index (κ2) is 3.89. The van der Waals surface area contributed by atoms with Crippen molar-refractivity contribution in [3.05, 3.63) is 64.5 Å². The lowest BCUT2D eigenvalue weighted by molar-refractivity contribution is 0.606. The van der Waals surface area contributed by atoms with Crippen molar-refractivity contribution in [3.63, 3.8) is 0 Å². The van der Waals surface area contributed by atoms with Crippen LogP contribution in [0, 0.1) is 5.82 Å². The summed E-state index contributed by atoms with van der Waals surface area (Å²) in [6.07, 6.45) is 8.00. The summed E-state index contributed by atoms with van der Waals surface area (Å²) in [4.78, 5) is 4.47. The van der Waals surface area contributed by atoms with Crippen molar-refractivity contribution in [2.75, 3.05) is 0 Å². The van der Waals surface area contributed by atoms with Gasteiger partial charge in [0.1, 0.15) is 5.82 Å². The average Bonchev–Trinajstić information content (AvgIpc) is 2.77. The minimum atomic E-state index is -0.275. The molecule has 1 aliphatic carbocycles. The van der Waals surface area contributed by atoms with Gasteiger partial charge in [-0.3, -0.25) is 5.32 Å². The fraction of sp³-hybridized carbons (Fsp3) is 0.133. The van der Waals surface area contributed by atoms with Gasteiger partial charge in [-0.25, -0.2) is 9.38 Å². The van der Waals surface area contributed by atoms with Gasteiger partial charge in [0.2, 0.25) is 0 Å². The molecule has 4 heteroatoms. The van der Waals surface area contributed by atoms with Crippen LogP contribution in [0.3, 0.4) is 0 Å². The number of hydrogen-bond acceptors (Lipinski definition) is 2. The summed E-state index contributed by atoms with van der Waals surface area (Å²) in [6, 6.07) is 4.73. The minimum Gasteiger partial charge on any atom is -0.294 e. The smallest absolute Gasteiger partial charge is 0.125 e. The van der Waals surface area contributed by atoms with Crippen LogP contribution < -0.4 is 5.32 Å². The highest BCUT2D eigenvalue weighted by Gasteiger charge is 2.36. The van der Waals surface area contributed by atoms with Crippen molar-refractivity contribution in [2.24, 2.45) is 4.99 Å². The SMILES string of the molecule is Fc1ccc2c(c1)N=C1C(Cl)=C3C=CC=CC3NC12. The molecule has 2 nitrogen and oxygen atoms in total. The normalized spacial score (nSPS) is 26.9. The quantitative estimate of drug-likeness (QED) is 0.767. The Bertz CT molecular complexity index is 700. The molecule has 1 N–H and O–H groups in total. The van der Waals surface area contributed by atoms with Crippen LogP contribution in [0.2, 0.25) is 0 Å². The van der Waals surface area contributed by atoms with Crippen LogP contribution in [0.15, 0.2) is 58.1 Å². The molecular formula is C15H10ClFN2. The average molecular weight is 273 g/mol. The van der Waals surface area contributed by atoms with Crippen LogP contribution >= 0.6 is 11.6 Å². The van der Waals surface area contributed by atoms with Gasteiger partial charge in [-0.1, -0.05) is 42.0 Å². The second-order valence-corrected chi connectivity index (χ2v) is 5.17. The first-order valence-electron chi connectivity index (χ1n) is 6.13. The summed E-state index contributed by atoms with van der Waals surface area (Å²) in [7, 11) is 0. The van der Waals surface area contributed by atoms with Crippen molar-refractivity contribution in [2.45, 2.75) is 12.1 Å². The maximum atomic E-state index is 13.3. The number of hydrogen-bond donors (Lipinski definition) is 1. The van der Waals surface area contributed by atoms with Crippen LogP contribution in [-0.2, 0) is 0 Å². The standard InChI is InChI=1S/C15H10ClFN2/c16-13-9-3-1-2-4-11(9)18-14-10-6-5-8(17)7-12(10)19-15(13)14/h1-7,11,14,18H. The molecule has 2 unspecified atom stereocenters. The van der Waals surface area contributed by atoms with E-state index in [0.717, 1.165) is 16.8 Å². The van der Waals surface area contributed by atoms with Gasteiger partial charge >= 0.3 is 0 Å². The van der Waals surface area contributed by atoms with E-state index in [1.54, 1.807) is 6.07 Å². The number of halogens is 2. The molecule has 2 aliphatic heterocycles. The molecule has 0 aromatic heterocycles. The van der Waals surface area contributed by atoms with E-state index in [1.807, 2.05) is 18.2 Å². The first-order chi connectivity index (χ1) is 9.24. The number of rotatable bonds is 0. The predicted octanol–water partition coefficient (Wildman–Crippen LogP) is 3.54. The largest absolute Gasteiger partial charge is 0.294 e. The molecule has 0 saturated carbocycles. The minimum absolute atomic E-state index is 0.0481. The Kier molecular flexibility index (Phi) is 2.28. The van der Waals surface area contributed by atoms with Gasteiger partial charge in [-0.05, 0) is 17.7 Å².